The van der Waals surface area contributed by atoms with Crippen LogP contribution in [0.15, 0.2) is 36.0 Å². The quantitative estimate of drug-likeness (QED) is 0.423. The van der Waals surface area contributed by atoms with Crippen molar-refractivity contribution in [1.29, 1.82) is 0 Å². The van der Waals surface area contributed by atoms with Crippen LogP contribution in [-0.2, 0) is 4.79 Å². The second-order valence-corrected chi connectivity index (χ2v) is 9.50. The zero-order chi connectivity index (χ0) is 20.9. The standard InChI is InChI=1S/C25H38O.C2H6/c1-6-9-18-10-12-21-22-13-11-19(17-20(26)8-3)25(22,5)16-14-23(21)24(18,4)15-7-2;1-2/h6,9,14,19,21-22H,1,7-8,10-13,15-17H2,2-5H3;1-2H3/b18-9-;. The summed E-state index contributed by atoms with van der Waals surface area (Å²) in [4.78, 5) is 12.1. The highest BCUT2D eigenvalue weighted by Gasteiger charge is 2.55. The largest absolute Gasteiger partial charge is 0.300 e. The Bertz CT molecular complexity index is 624. The smallest absolute Gasteiger partial charge is 0.132 e. The third kappa shape index (κ3) is 3.96. The van der Waals surface area contributed by atoms with Gasteiger partial charge in [0.2, 0.25) is 0 Å². The van der Waals surface area contributed by atoms with E-state index in [1.54, 1.807) is 11.1 Å². The molecule has 0 aliphatic heterocycles. The van der Waals surface area contributed by atoms with Crippen molar-refractivity contribution in [3.8, 4) is 0 Å². The zero-order valence-corrected chi connectivity index (χ0v) is 19.4. The summed E-state index contributed by atoms with van der Waals surface area (Å²) in [6.07, 6.45) is 17.1. The second-order valence-electron chi connectivity index (χ2n) is 9.50. The van der Waals surface area contributed by atoms with Crippen LogP contribution in [0.2, 0.25) is 0 Å². The molecule has 0 radical (unpaired) electrons. The van der Waals surface area contributed by atoms with Crippen LogP contribution in [0, 0.1) is 28.6 Å². The van der Waals surface area contributed by atoms with Crippen LogP contribution in [-0.4, -0.2) is 5.78 Å². The van der Waals surface area contributed by atoms with E-state index in [0.29, 0.717) is 23.5 Å². The number of rotatable bonds is 6. The zero-order valence-electron chi connectivity index (χ0n) is 19.4. The summed E-state index contributed by atoms with van der Waals surface area (Å²) in [6, 6.07) is 0. The maximum absolute atomic E-state index is 12.1. The van der Waals surface area contributed by atoms with Gasteiger partial charge in [0.15, 0.2) is 0 Å². The normalized spacial score (nSPS) is 38.0. The molecule has 1 nitrogen and oxygen atoms in total. The minimum atomic E-state index is 0.227. The summed E-state index contributed by atoms with van der Waals surface area (Å²) in [5.74, 6) is 2.57. The monoisotopic (exact) mass is 384 g/mol. The van der Waals surface area contributed by atoms with Gasteiger partial charge in [0.1, 0.15) is 5.78 Å². The van der Waals surface area contributed by atoms with E-state index in [-0.39, 0.29) is 5.41 Å². The summed E-state index contributed by atoms with van der Waals surface area (Å²) >= 11 is 0. The summed E-state index contributed by atoms with van der Waals surface area (Å²) < 4.78 is 0. The van der Waals surface area contributed by atoms with E-state index in [4.69, 9.17) is 0 Å². The average Bonchev–Trinajstić information content (AvgIpc) is 3.02. The molecule has 0 aromatic heterocycles. The van der Waals surface area contributed by atoms with Crippen LogP contribution in [0.5, 0.6) is 0 Å². The predicted octanol–water partition coefficient (Wildman–Crippen LogP) is 8.07. The molecule has 0 N–H and O–H groups in total. The van der Waals surface area contributed by atoms with Gasteiger partial charge in [0.05, 0.1) is 0 Å². The van der Waals surface area contributed by atoms with Crippen LogP contribution in [0.4, 0.5) is 0 Å². The number of allylic oxidation sites excluding steroid dienone is 5. The van der Waals surface area contributed by atoms with E-state index in [1.165, 1.54) is 44.9 Å². The summed E-state index contributed by atoms with van der Waals surface area (Å²) in [5, 5.41) is 0. The molecule has 2 saturated carbocycles. The Morgan fingerprint density at radius 2 is 1.93 bits per heavy atom. The van der Waals surface area contributed by atoms with Gasteiger partial charge in [0, 0.05) is 18.3 Å². The minimum Gasteiger partial charge on any atom is -0.300 e. The Morgan fingerprint density at radius 3 is 2.54 bits per heavy atom. The van der Waals surface area contributed by atoms with E-state index in [9.17, 15) is 4.79 Å². The van der Waals surface area contributed by atoms with Crippen molar-refractivity contribution in [1.82, 2.24) is 0 Å². The van der Waals surface area contributed by atoms with Crippen LogP contribution in [0.3, 0.4) is 0 Å². The second kappa shape index (κ2) is 9.59. The first-order valence-electron chi connectivity index (χ1n) is 11.9. The lowest BCUT2D eigenvalue weighted by Gasteiger charge is -2.53. The van der Waals surface area contributed by atoms with Crippen molar-refractivity contribution in [2.75, 3.05) is 0 Å². The van der Waals surface area contributed by atoms with Gasteiger partial charge in [-0.25, -0.2) is 0 Å². The number of carbonyl (C=O) groups is 1. The molecule has 1 heteroatoms. The lowest BCUT2D eigenvalue weighted by molar-refractivity contribution is -0.120. The molecule has 0 amide bonds. The lowest BCUT2D eigenvalue weighted by atomic mass is 9.52. The van der Waals surface area contributed by atoms with Crippen molar-refractivity contribution in [2.45, 2.75) is 99.3 Å². The van der Waals surface area contributed by atoms with Gasteiger partial charge in [0.25, 0.3) is 0 Å². The average molecular weight is 385 g/mol. The predicted molar refractivity (Wildman–Crippen MR) is 122 cm³/mol. The van der Waals surface area contributed by atoms with Crippen LogP contribution >= 0.6 is 0 Å². The first-order chi connectivity index (χ1) is 13.4. The van der Waals surface area contributed by atoms with Gasteiger partial charge in [-0.1, -0.05) is 83.9 Å². The molecular weight excluding hydrogens is 340 g/mol. The van der Waals surface area contributed by atoms with Gasteiger partial charge in [-0.2, -0.15) is 0 Å². The van der Waals surface area contributed by atoms with E-state index in [0.717, 1.165) is 18.3 Å². The van der Waals surface area contributed by atoms with Crippen LogP contribution in [0.25, 0.3) is 0 Å². The molecule has 0 saturated heterocycles. The molecule has 0 heterocycles. The minimum absolute atomic E-state index is 0.227. The molecule has 0 aromatic carbocycles. The van der Waals surface area contributed by atoms with Gasteiger partial charge < -0.3 is 0 Å². The summed E-state index contributed by atoms with van der Waals surface area (Å²) in [5.41, 5.74) is 3.89. The number of ketones is 1. The number of Topliss-reactive ketones (excluding diaryl/α,β-unsaturated/α-hetero) is 1. The lowest BCUT2D eigenvalue weighted by Crippen LogP contribution is -2.43. The van der Waals surface area contributed by atoms with E-state index in [1.807, 2.05) is 26.8 Å². The summed E-state index contributed by atoms with van der Waals surface area (Å²) in [6.45, 7) is 17.3. The summed E-state index contributed by atoms with van der Waals surface area (Å²) in [7, 11) is 0. The van der Waals surface area contributed by atoms with Crippen LogP contribution < -0.4 is 0 Å². The topological polar surface area (TPSA) is 17.1 Å². The van der Waals surface area contributed by atoms with Crippen molar-refractivity contribution in [3.63, 3.8) is 0 Å². The fourth-order valence-electron chi connectivity index (χ4n) is 6.75. The van der Waals surface area contributed by atoms with Crippen molar-refractivity contribution >= 4 is 5.78 Å². The number of hydrogen-bond donors (Lipinski definition) is 0. The molecule has 2 fully saturated rings. The number of hydrogen-bond acceptors (Lipinski definition) is 1. The molecule has 5 atom stereocenters. The van der Waals surface area contributed by atoms with E-state index < -0.39 is 0 Å². The Balaban J connectivity index is 0.00000136. The van der Waals surface area contributed by atoms with Gasteiger partial charge in [-0.05, 0) is 61.7 Å². The fourth-order valence-corrected chi connectivity index (χ4v) is 6.75. The molecular formula is C27H44O. The van der Waals surface area contributed by atoms with Crippen LogP contribution in [0.1, 0.15) is 99.3 Å². The molecule has 5 unspecified atom stereocenters. The van der Waals surface area contributed by atoms with Crippen molar-refractivity contribution < 1.29 is 4.79 Å². The molecule has 0 bridgehead atoms. The third-order valence-electron chi connectivity index (χ3n) is 8.26. The third-order valence-corrected chi connectivity index (χ3v) is 8.26. The number of fused-ring (bicyclic) bond motifs is 3. The molecule has 3 aliphatic carbocycles. The Kier molecular flexibility index (Phi) is 7.94. The molecule has 3 rings (SSSR count). The first-order valence-corrected chi connectivity index (χ1v) is 11.9. The highest BCUT2D eigenvalue weighted by Crippen LogP contribution is 2.64. The Morgan fingerprint density at radius 1 is 1.21 bits per heavy atom. The Hall–Kier alpha value is -1.11. The van der Waals surface area contributed by atoms with E-state index >= 15 is 0 Å². The maximum atomic E-state index is 12.1. The van der Waals surface area contributed by atoms with Crippen molar-refractivity contribution in [3.05, 3.63) is 36.0 Å². The Labute approximate surface area is 174 Å². The first kappa shape index (κ1) is 23.2. The molecule has 0 aromatic rings. The van der Waals surface area contributed by atoms with Gasteiger partial charge in [-0.15, -0.1) is 0 Å². The molecule has 28 heavy (non-hydrogen) atoms. The van der Waals surface area contributed by atoms with Crippen molar-refractivity contribution in [2.24, 2.45) is 28.6 Å². The maximum Gasteiger partial charge on any atom is 0.132 e. The molecule has 0 spiro atoms. The SMILES string of the molecule is C=C/C=C1/CCC2C(=CCC3(C)C(CC(=O)CC)CCC23)C1(C)CCC.CC. The highest BCUT2D eigenvalue weighted by molar-refractivity contribution is 5.78. The van der Waals surface area contributed by atoms with E-state index in [2.05, 4.69) is 39.5 Å². The fraction of sp³-hybridized carbons (Fsp3) is 0.741. The number of carbonyl (C=O) groups excluding carboxylic acids is 1. The van der Waals surface area contributed by atoms with Gasteiger partial charge >= 0.3 is 0 Å². The molecule has 158 valence electrons. The highest BCUT2D eigenvalue weighted by atomic mass is 16.1. The van der Waals surface area contributed by atoms with Gasteiger partial charge in [-0.3, -0.25) is 4.79 Å². The molecule has 3 aliphatic rings.